The van der Waals surface area contributed by atoms with E-state index < -0.39 is 6.10 Å². The first-order chi connectivity index (χ1) is 16.3. The Kier molecular flexibility index (Phi) is 6.32. The monoisotopic (exact) mass is 478 g/mol. The molecule has 1 aliphatic rings. The zero-order chi connectivity index (χ0) is 23.9. The molecule has 5 rings (SSSR count). The third-order valence-corrected chi connectivity index (χ3v) is 8.40. The van der Waals surface area contributed by atoms with Gasteiger partial charge in [0.2, 0.25) is 0 Å². The molecule has 0 radical (unpaired) electrons. The van der Waals surface area contributed by atoms with Crippen LogP contribution in [0.25, 0.3) is 21.0 Å². The van der Waals surface area contributed by atoms with Crippen molar-refractivity contribution in [2.24, 2.45) is 0 Å². The number of β-amino-alcohol motifs (C(OH)–C–C–N with tert-alkyl or cyclic N) is 1. The van der Waals surface area contributed by atoms with Crippen molar-refractivity contribution < 1.29 is 14.6 Å². The molecule has 1 unspecified atom stereocenters. The topological polar surface area (TPSA) is 57.7 Å². The van der Waals surface area contributed by atoms with Gasteiger partial charge in [-0.25, -0.2) is 0 Å². The Balaban J connectivity index is 1.22. The van der Waals surface area contributed by atoms with Crippen LogP contribution in [0.1, 0.15) is 43.2 Å². The number of benzene rings is 2. The molecule has 2 N–H and O–H groups in total. The number of aliphatic hydroxyl groups is 1. The largest absolute Gasteiger partial charge is 0.496 e. The van der Waals surface area contributed by atoms with Crippen LogP contribution in [-0.4, -0.2) is 53.4 Å². The summed E-state index contributed by atoms with van der Waals surface area (Å²) in [5.74, 6) is 2.29. The summed E-state index contributed by atoms with van der Waals surface area (Å²) in [5, 5.41) is 13.1. The third kappa shape index (κ3) is 4.54. The lowest BCUT2D eigenvalue weighted by atomic mass is 9.81. The number of H-pyrrole nitrogens is 1. The van der Waals surface area contributed by atoms with E-state index in [1.165, 1.54) is 15.0 Å². The quantitative estimate of drug-likeness (QED) is 0.337. The van der Waals surface area contributed by atoms with Crippen LogP contribution < -0.4 is 9.47 Å². The number of aromatic nitrogens is 1. The van der Waals surface area contributed by atoms with E-state index in [4.69, 9.17) is 9.47 Å². The lowest BCUT2D eigenvalue weighted by Gasteiger charge is -2.46. The van der Waals surface area contributed by atoms with Crippen LogP contribution in [0.4, 0.5) is 0 Å². The van der Waals surface area contributed by atoms with Gasteiger partial charge in [-0.2, -0.15) is 0 Å². The van der Waals surface area contributed by atoms with Gasteiger partial charge in [0.1, 0.15) is 24.2 Å². The summed E-state index contributed by atoms with van der Waals surface area (Å²) in [4.78, 5) is 7.20. The molecule has 2 aromatic carbocycles. The Morgan fingerprint density at radius 1 is 1.15 bits per heavy atom. The molecule has 1 saturated heterocycles. The summed E-state index contributed by atoms with van der Waals surface area (Å²) < 4.78 is 12.9. The number of ether oxygens (including phenoxy) is 2. The summed E-state index contributed by atoms with van der Waals surface area (Å²) in [6.45, 7) is 8.50. The Morgan fingerprint density at radius 2 is 1.94 bits per heavy atom. The maximum Gasteiger partial charge on any atom is 0.128 e. The number of nitrogens with zero attached hydrogens (tertiary/aromatic N) is 1. The predicted octanol–water partition coefficient (Wildman–Crippen LogP) is 6.10. The van der Waals surface area contributed by atoms with Crippen molar-refractivity contribution in [1.82, 2.24) is 9.88 Å². The first-order valence-corrected chi connectivity index (χ1v) is 12.9. The molecule has 0 amide bonds. The van der Waals surface area contributed by atoms with Crippen molar-refractivity contribution in [3.63, 3.8) is 0 Å². The fourth-order valence-electron chi connectivity index (χ4n) is 5.35. The number of methoxy groups -OCH3 is 1. The SMILES string of the molecule is COc1cccc2sc(C3CCN(C[C@@H](O)COc4cccc5[nH]c(C)cc45)C(C)(C)C3)cc12. The zero-order valence-electron chi connectivity index (χ0n) is 20.4. The molecular weight excluding hydrogens is 444 g/mol. The van der Waals surface area contributed by atoms with Crippen LogP contribution >= 0.6 is 11.3 Å². The van der Waals surface area contributed by atoms with E-state index in [-0.39, 0.29) is 12.1 Å². The number of aromatic amines is 1. The van der Waals surface area contributed by atoms with Crippen molar-refractivity contribution in [3.05, 3.63) is 59.1 Å². The molecule has 180 valence electrons. The Hall–Kier alpha value is -2.54. The molecule has 0 saturated carbocycles. The summed E-state index contributed by atoms with van der Waals surface area (Å²) in [6.07, 6.45) is 1.62. The normalized spacial score (nSPS) is 19.5. The van der Waals surface area contributed by atoms with E-state index in [0.29, 0.717) is 12.5 Å². The number of rotatable bonds is 7. The second-order valence-corrected chi connectivity index (χ2v) is 11.2. The van der Waals surface area contributed by atoms with Crippen LogP contribution in [0.2, 0.25) is 0 Å². The number of likely N-dealkylation sites (tertiary alicyclic amines) is 1. The highest BCUT2D eigenvalue weighted by molar-refractivity contribution is 7.19. The molecule has 0 bridgehead atoms. The van der Waals surface area contributed by atoms with Crippen molar-refractivity contribution in [2.75, 3.05) is 26.8 Å². The van der Waals surface area contributed by atoms with Gasteiger partial charge in [-0.15, -0.1) is 11.3 Å². The molecule has 1 aliphatic heterocycles. The van der Waals surface area contributed by atoms with E-state index >= 15 is 0 Å². The van der Waals surface area contributed by atoms with Gasteiger partial charge >= 0.3 is 0 Å². The molecule has 3 heterocycles. The first kappa shape index (κ1) is 23.2. The summed E-state index contributed by atoms with van der Waals surface area (Å²) >= 11 is 1.89. The third-order valence-electron chi connectivity index (χ3n) is 7.13. The molecule has 4 aromatic rings. The number of hydrogen-bond donors (Lipinski definition) is 2. The van der Waals surface area contributed by atoms with Crippen LogP contribution in [0.3, 0.4) is 0 Å². The Bertz CT molecular complexity index is 1290. The average Bonchev–Trinajstić information content (AvgIpc) is 3.41. The number of hydrogen-bond acceptors (Lipinski definition) is 5. The maximum atomic E-state index is 10.8. The van der Waals surface area contributed by atoms with Gasteiger partial charge in [-0.1, -0.05) is 12.1 Å². The molecule has 34 heavy (non-hydrogen) atoms. The van der Waals surface area contributed by atoms with Gasteiger partial charge in [0.25, 0.3) is 0 Å². The molecular formula is C28H34N2O3S. The number of fused-ring (bicyclic) bond motifs is 2. The highest BCUT2D eigenvalue weighted by Gasteiger charge is 2.36. The standard InChI is InChI=1S/C28H34N2O3S/c1-18-13-21-23(29-18)7-5-9-25(21)33-17-20(31)16-30-12-11-19(15-28(30,2)3)27-14-22-24(32-4)8-6-10-26(22)34-27/h5-10,13-14,19-20,29,31H,11-12,15-17H2,1-4H3/t19?,20-/m1/s1. The van der Waals surface area contributed by atoms with Crippen molar-refractivity contribution >= 4 is 32.3 Å². The minimum absolute atomic E-state index is 0.00191. The molecule has 0 spiro atoms. The summed E-state index contributed by atoms with van der Waals surface area (Å²) in [5.41, 5.74) is 2.17. The number of aliphatic hydroxyl groups excluding tert-OH is 1. The molecule has 5 nitrogen and oxygen atoms in total. The minimum atomic E-state index is -0.542. The predicted molar refractivity (Wildman–Crippen MR) is 141 cm³/mol. The van der Waals surface area contributed by atoms with Gasteiger partial charge in [-0.05, 0) is 82.5 Å². The average molecular weight is 479 g/mol. The lowest BCUT2D eigenvalue weighted by Crippen LogP contribution is -2.52. The number of piperidine rings is 1. The van der Waals surface area contributed by atoms with Gasteiger partial charge < -0.3 is 19.6 Å². The Morgan fingerprint density at radius 3 is 2.74 bits per heavy atom. The fraction of sp³-hybridized carbons (Fsp3) is 0.429. The molecule has 2 atom stereocenters. The molecule has 2 aromatic heterocycles. The lowest BCUT2D eigenvalue weighted by molar-refractivity contribution is 0.00396. The zero-order valence-corrected chi connectivity index (χ0v) is 21.2. The van der Waals surface area contributed by atoms with Gasteiger partial charge in [-0.3, -0.25) is 4.90 Å². The highest BCUT2D eigenvalue weighted by Crippen LogP contribution is 2.43. The van der Waals surface area contributed by atoms with Gasteiger partial charge in [0.05, 0.1) is 7.11 Å². The summed E-state index contributed by atoms with van der Waals surface area (Å²) in [6, 6.07) is 16.7. The second kappa shape index (κ2) is 9.25. The van der Waals surface area contributed by atoms with Gasteiger partial charge in [0, 0.05) is 43.6 Å². The minimum Gasteiger partial charge on any atom is -0.496 e. The summed E-state index contributed by atoms with van der Waals surface area (Å²) in [7, 11) is 1.74. The molecule has 6 heteroatoms. The Labute approximate surface area is 205 Å². The van der Waals surface area contributed by atoms with E-state index in [1.807, 2.05) is 42.5 Å². The van der Waals surface area contributed by atoms with Gasteiger partial charge in [0.15, 0.2) is 0 Å². The van der Waals surface area contributed by atoms with E-state index in [0.717, 1.165) is 47.5 Å². The number of aryl methyl sites for hydroxylation is 1. The van der Waals surface area contributed by atoms with Crippen molar-refractivity contribution in [1.29, 1.82) is 0 Å². The maximum absolute atomic E-state index is 10.8. The highest BCUT2D eigenvalue weighted by atomic mass is 32.1. The van der Waals surface area contributed by atoms with E-state index in [9.17, 15) is 5.11 Å². The smallest absolute Gasteiger partial charge is 0.128 e. The number of thiophene rings is 1. The van der Waals surface area contributed by atoms with Crippen molar-refractivity contribution in [2.45, 2.75) is 51.2 Å². The second-order valence-electron chi connectivity index (χ2n) is 10.1. The van der Waals surface area contributed by atoms with Crippen LogP contribution in [-0.2, 0) is 0 Å². The van der Waals surface area contributed by atoms with E-state index in [1.54, 1.807) is 7.11 Å². The molecule has 0 aliphatic carbocycles. The van der Waals surface area contributed by atoms with E-state index in [2.05, 4.69) is 48.0 Å². The van der Waals surface area contributed by atoms with Crippen molar-refractivity contribution in [3.8, 4) is 11.5 Å². The van der Waals surface area contributed by atoms with Crippen LogP contribution in [0.15, 0.2) is 48.5 Å². The molecule has 1 fully saturated rings. The van der Waals surface area contributed by atoms with Crippen LogP contribution in [0.5, 0.6) is 11.5 Å². The number of nitrogens with one attached hydrogen (secondary N) is 1. The van der Waals surface area contributed by atoms with Crippen LogP contribution in [0, 0.1) is 6.92 Å². The fourth-order valence-corrected chi connectivity index (χ4v) is 6.56. The first-order valence-electron chi connectivity index (χ1n) is 12.0.